The Balaban J connectivity index is -0.000000283. The predicted octanol–water partition coefficient (Wildman–Crippen LogP) is 4.20. The van der Waals surface area contributed by atoms with Crippen LogP contribution in [0.5, 0.6) is 0 Å². The molecular weight excluding hydrogens is 348 g/mol. The van der Waals surface area contributed by atoms with Crippen molar-refractivity contribution in [3.05, 3.63) is 26.3 Å². The van der Waals surface area contributed by atoms with E-state index in [1.807, 2.05) is 0 Å². The summed E-state index contributed by atoms with van der Waals surface area (Å²) in [6.07, 6.45) is 6.50. The fraction of sp³-hybridized carbons (Fsp3) is 0.714. The zero-order valence-corrected chi connectivity index (χ0v) is 17.7. The van der Waals surface area contributed by atoms with Crippen LogP contribution in [-0.2, 0) is 19.1 Å². The maximum atomic E-state index is 11.4. The maximum absolute atomic E-state index is 11.4. The van der Waals surface area contributed by atoms with Gasteiger partial charge in [-0.3, -0.25) is 9.59 Å². The third-order valence-corrected chi connectivity index (χ3v) is 2.88. The van der Waals surface area contributed by atoms with Crippen molar-refractivity contribution in [1.82, 2.24) is 0 Å². The fourth-order valence-corrected chi connectivity index (χ4v) is 1.64. The standard InChI is InChI=1S/C15H28O4.C2H6O2.2C2H4/c1-4-6-8-10-14(16)18-12-13(3)19-15(17)11-9-7-5-2;3-1-2-4;2*1-2/h13H,4-12H2,1-3H3;3-4H,1-2H2;2*1-2H2. The van der Waals surface area contributed by atoms with Crippen LogP contribution in [0.4, 0.5) is 0 Å². The fourth-order valence-electron chi connectivity index (χ4n) is 1.64. The van der Waals surface area contributed by atoms with Crippen LogP contribution in [0, 0.1) is 0 Å². The van der Waals surface area contributed by atoms with E-state index in [0.717, 1.165) is 38.5 Å². The van der Waals surface area contributed by atoms with Crippen molar-refractivity contribution in [2.75, 3.05) is 19.8 Å². The Morgan fingerprint density at radius 1 is 0.815 bits per heavy atom. The van der Waals surface area contributed by atoms with Gasteiger partial charge in [0.05, 0.1) is 13.2 Å². The second-order valence-electron chi connectivity index (χ2n) is 5.34. The lowest BCUT2D eigenvalue weighted by Crippen LogP contribution is -2.22. The summed E-state index contributed by atoms with van der Waals surface area (Å²) in [6.45, 7) is 17.8. The van der Waals surface area contributed by atoms with E-state index in [2.05, 4.69) is 40.2 Å². The Hall–Kier alpha value is -1.66. The van der Waals surface area contributed by atoms with E-state index in [0.29, 0.717) is 12.8 Å². The molecule has 0 aliphatic carbocycles. The van der Waals surface area contributed by atoms with Crippen molar-refractivity contribution in [2.45, 2.75) is 78.2 Å². The van der Waals surface area contributed by atoms with E-state index in [-0.39, 0.29) is 37.9 Å². The molecule has 2 N–H and O–H groups in total. The molecular formula is C21H42O6. The average molecular weight is 391 g/mol. The van der Waals surface area contributed by atoms with Gasteiger partial charge in [0, 0.05) is 12.8 Å². The first-order chi connectivity index (χ1) is 13.0. The zero-order valence-electron chi connectivity index (χ0n) is 17.7. The Morgan fingerprint density at radius 2 is 1.22 bits per heavy atom. The van der Waals surface area contributed by atoms with E-state index >= 15 is 0 Å². The second kappa shape index (κ2) is 32.0. The third kappa shape index (κ3) is 36.1. The molecule has 0 aliphatic rings. The molecule has 1 atom stereocenters. The first-order valence-corrected chi connectivity index (χ1v) is 9.58. The monoisotopic (exact) mass is 390 g/mol. The quantitative estimate of drug-likeness (QED) is 0.295. The minimum Gasteiger partial charge on any atom is -0.462 e. The average Bonchev–Trinajstić information content (AvgIpc) is 2.70. The topological polar surface area (TPSA) is 93.1 Å². The molecule has 0 aliphatic heterocycles. The molecule has 0 aromatic heterocycles. The number of rotatable bonds is 12. The Kier molecular flexibility index (Phi) is 39.1. The van der Waals surface area contributed by atoms with Gasteiger partial charge in [0.1, 0.15) is 12.7 Å². The number of carbonyl (C=O) groups excluding carboxylic acids is 2. The van der Waals surface area contributed by atoms with Gasteiger partial charge in [0.15, 0.2) is 0 Å². The molecule has 0 saturated heterocycles. The summed E-state index contributed by atoms with van der Waals surface area (Å²) in [5.41, 5.74) is 0. The first kappa shape index (κ1) is 33.0. The van der Waals surface area contributed by atoms with Gasteiger partial charge in [-0.2, -0.15) is 0 Å². The largest absolute Gasteiger partial charge is 0.462 e. The maximum Gasteiger partial charge on any atom is 0.306 e. The number of hydrogen-bond donors (Lipinski definition) is 2. The number of aliphatic hydroxyl groups is 2. The lowest BCUT2D eigenvalue weighted by Gasteiger charge is -2.13. The smallest absolute Gasteiger partial charge is 0.306 e. The molecule has 0 aromatic rings. The highest BCUT2D eigenvalue weighted by atomic mass is 16.6. The van der Waals surface area contributed by atoms with Crippen molar-refractivity contribution in [1.29, 1.82) is 0 Å². The number of esters is 2. The van der Waals surface area contributed by atoms with Gasteiger partial charge in [0.2, 0.25) is 0 Å². The van der Waals surface area contributed by atoms with E-state index in [9.17, 15) is 9.59 Å². The highest BCUT2D eigenvalue weighted by Gasteiger charge is 2.11. The summed E-state index contributed by atoms with van der Waals surface area (Å²) in [4.78, 5) is 22.8. The molecule has 0 bridgehead atoms. The van der Waals surface area contributed by atoms with Gasteiger partial charge < -0.3 is 19.7 Å². The number of unbranched alkanes of at least 4 members (excludes halogenated alkanes) is 4. The molecule has 0 heterocycles. The van der Waals surface area contributed by atoms with Crippen molar-refractivity contribution < 1.29 is 29.3 Å². The lowest BCUT2D eigenvalue weighted by molar-refractivity contribution is -0.158. The van der Waals surface area contributed by atoms with Crippen LogP contribution in [-0.4, -0.2) is 48.1 Å². The molecule has 6 nitrogen and oxygen atoms in total. The highest BCUT2D eigenvalue weighted by Crippen LogP contribution is 2.04. The van der Waals surface area contributed by atoms with Crippen molar-refractivity contribution in [2.24, 2.45) is 0 Å². The molecule has 0 radical (unpaired) electrons. The Morgan fingerprint density at radius 3 is 1.59 bits per heavy atom. The van der Waals surface area contributed by atoms with Gasteiger partial charge in [-0.15, -0.1) is 26.3 Å². The van der Waals surface area contributed by atoms with Gasteiger partial charge in [0.25, 0.3) is 0 Å². The number of hydrogen-bond acceptors (Lipinski definition) is 6. The van der Waals surface area contributed by atoms with Crippen LogP contribution in [0.2, 0.25) is 0 Å². The van der Waals surface area contributed by atoms with Crippen molar-refractivity contribution in [3.63, 3.8) is 0 Å². The second-order valence-corrected chi connectivity index (χ2v) is 5.34. The van der Waals surface area contributed by atoms with Crippen LogP contribution in [0.3, 0.4) is 0 Å². The summed E-state index contributed by atoms with van der Waals surface area (Å²) in [6, 6.07) is 0. The molecule has 0 amide bonds. The van der Waals surface area contributed by atoms with Gasteiger partial charge in [-0.1, -0.05) is 39.5 Å². The summed E-state index contributed by atoms with van der Waals surface area (Å²) in [7, 11) is 0. The minimum absolute atomic E-state index is 0.125. The molecule has 27 heavy (non-hydrogen) atoms. The summed E-state index contributed by atoms with van der Waals surface area (Å²) >= 11 is 0. The van der Waals surface area contributed by atoms with Gasteiger partial charge >= 0.3 is 11.9 Å². The van der Waals surface area contributed by atoms with Gasteiger partial charge in [-0.25, -0.2) is 0 Å². The minimum atomic E-state index is -0.357. The van der Waals surface area contributed by atoms with Crippen LogP contribution >= 0.6 is 0 Å². The lowest BCUT2D eigenvalue weighted by atomic mass is 10.2. The van der Waals surface area contributed by atoms with Crippen LogP contribution < -0.4 is 0 Å². The number of ether oxygens (including phenoxy) is 2. The van der Waals surface area contributed by atoms with E-state index in [4.69, 9.17) is 19.7 Å². The predicted molar refractivity (Wildman–Crippen MR) is 111 cm³/mol. The number of aliphatic hydroxyl groups excluding tert-OH is 2. The Bertz CT molecular complexity index is 303. The molecule has 0 fully saturated rings. The zero-order chi connectivity index (χ0) is 21.9. The van der Waals surface area contributed by atoms with Crippen LogP contribution in [0.1, 0.15) is 72.1 Å². The SMILES string of the molecule is C=C.C=C.CCCCCC(=O)OCC(C)OC(=O)CCCCC.OCCO. The summed E-state index contributed by atoms with van der Waals surface area (Å²) in [5.74, 6) is -0.412. The normalized spacial score (nSPS) is 9.81. The molecule has 0 spiro atoms. The molecule has 0 aromatic carbocycles. The highest BCUT2D eigenvalue weighted by molar-refractivity contribution is 5.70. The van der Waals surface area contributed by atoms with E-state index < -0.39 is 0 Å². The molecule has 6 heteroatoms. The molecule has 0 rings (SSSR count). The van der Waals surface area contributed by atoms with Gasteiger partial charge in [-0.05, 0) is 19.8 Å². The summed E-state index contributed by atoms with van der Waals surface area (Å²) in [5, 5.41) is 15.2. The van der Waals surface area contributed by atoms with Crippen molar-refractivity contribution >= 4 is 11.9 Å². The molecule has 1 unspecified atom stereocenters. The van der Waals surface area contributed by atoms with Crippen LogP contribution in [0.15, 0.2) is 26.3 Å². The first-order valence-electron chi connectivity index (χ1n) is 9.58. The van der Waals surface area contributed by atoms with E-state index in [1.165, 1.54) is 0 Å². The number of carbonyl (C=O) groups is 2. The third-order valence-electron chi connectivity index (χ3n) is 2.88. The van der Waals surface area contributed by atoms with Crippen molar-refractivity contribution in [3.8, 4) is 0 Å². The Labute approximate surface area is 166 Å². The summed E-state index contributed by atoms with van der Waals surface area (Å²) < 4.78 is 10.2. The molecule has 162 valence electrons. The van der Waals surface area contributed by atoms with E-state index in [1.54, 1.807) is 6.92 Å². The van der Waals surface area contributed by atoms with Crippen LogP contribution in [0.25, 0.3) is 0 Å². The molecule has 0 saturated carbocycles.